The average Bonchev–Trinajstić information content (AvgIpc) is 2.60. The third-order valence-corrected chi connectivity index (χ3v) is 4.35. The molecule has 0 spiro atoms. The lowest BCUT2D eigenvalue weighted by molar-refractivity contribution is -0.112. The van der Waals surface area contributed by atoms with Gasteiger partial charge < -0.3 is 10.6 Å². The van der Waals surface area contributed by atoms with E-state index in [2.05, 4.69) is 10.6 Å². The molecule has 2 aromatic carbocycles. The third kappa shape index (κ3) is 5.68. The van der Waals surface area contributed by atoms with E-state index in [-0.39, 0.29) is 10.6 Å². The molecule has 0 aliphatic carbocycles. The minimum absolute atomic E-state index is 0.0628. The molecular formula is C18H14Cl3N3O. The normalized spacial score (nSPS) is 10.9. The highest BCUT2D eigenvalue weighted by atomic mass is 35.5. The Labute approximate surface area is 161 Å². The molecule has 0 saturated carbocycles. The molecule has 0 unspecified atom stereocenters. The van der Waals surface area contributed by atoms with Gasteiger partial charge in [-0.1, -0.05) is 53.0 Å². The lowest BCUT2D eigenvalue weighted by Gasteiger charge is -2.08. The second-order valence-corrected chi connectivity index (χ2v) is 6.28. The summed E-state index contributed by atoms with van der Waals surface area (Å²) in [5.74, 6) is -0.564. The zero-order valence-corrected chi connectivity index (χ0v) is 15.3. The second kappa shape index (κ2) is 9.33. The molecule has 0 radical (unpaired) electrons. The van der Waals surface area contributed by atoms with Crippen LogP contribution in [0, 0.1) is 11.3 Å². The van der Waals surface area contributed by atoms with Gasteiger partial charge in [0.1, 0.15) is 11.6 Å². The average molecular weight is 395 g/mol. The number of hydrogen-bond donors (Lipinski definition) is 2. The fourth-order valence-electron chi connectivity index (χ4n) is 1.98. The number of nitriles is 1. The number of carbonyl (C=O) groups excluding carboxylic acids is 1. The Bertz CT molecular complexity index is 826. The molecule has 7 heteroatoms. The predicted octanol–water partition coefficient (Wildman–Crippen LogP) is 4.83. The summed E-state index contributed by atoms with van der Waals surface area (Å²) in [7, 11) is 0. The SMILES string of the molecule is N#C/C(=C/NCCc1ccc(Cl)cc1)C(=O)Nc1cccc(Cl)c1Cl. The first kappa shape index (κ1) is 19.1. The van der Waals surface area contributed by atoms with Crippen molar-refractivity contribution in [1.29, 1.82) is 5.26 Å². The van der Waals surface area contributed by atoms with E-state index in [0.717, 1.165) is 12.0 Å². The fraction of sp³-hybridized carbons (Fsp3) is 0.111. The zero-order chi connectivity index (χ0) is 18.2. The second-order valence-electron chi connectivity index (χ2n) is 5.06. The zero-order valence-electron chi connectivity index (χ0n) is 13.0. The maximum Gasteiger partial charge on any atom is 0.267 e. The summed E-state index contributed by atoms with van der Waals surface area (Å²) in [6.07, 6.45) is 2.11. The van der Waals surface area contributed by atoms with Gasteiger partial charge in [0.05, 0.1) is 15.7 Å². The van der Waals surface area contributed by atoms with Gasteiger partial charge in [-0.3, -0.25) is 4.79 Å². The van der Waals surface area contributed by atoms with E-state index in [1.165, 1.54) is 6.20 Å². The molecule has 25 heavy (non-hydrogen) atoms. The van der Waals surface area contributed by atoms with Crippen LogP contribution in [0.2, 0.25) is 15.1 Å². The van der Waals surface area contributed by atoms with Crippen LogP contribution in [-0.4, -0.2) is 12.5 Å². The van der Waals surface area contributed by atoms with Crippen molar-refractivity contribution in [3.05, 3.63) is 74.9 Å². The number of hydrogen-bond acceptors (Lipinski definition) is 3. The van der Waals surface area contributed by atoms with Gasteiger partial charge in [0.15, 0.2) is 0 Å². The standard InChI is InChI=1S/C18H14Cl3N3O/c19-14-6-4-12(5-7-14)8-9-23-11-13(10-22)18(25)24-16-3-1-2-15(20)17(16)21/h1-7,11,23H,8-9H2,(H,24,25)/b13-11-. The first-order chi connectivity index (χ1) is 12.0. The highest BCUT2D eigenvalue weighted by Gasteiger charge is 2.12. The Morgan fingerprint density at radius 3 is 2.52 bits per heavy atom. The largest absolute Gasteiger partial charge is 0.389 e. The summed E-state index contributed by atoms with van der Waals surface area (Å²) in [5, 5.41) is 15.9. The molecule has 0 aliphatic heterocycles. The van der Waals surface area contributed by atoms with E-state index >= 15 is 0 Å². The number of rotatable bonds is 6. The van der Waals surface area contributed by atoms with E-state index in [4.69, 9.17) is 40.1 Å². The molecular weight excluding hydrogens is 381 g/mol. The molecule has 128 valence electrons. The third-order valence-electron chi connectivity index (χ3n) is 3.28. The van der Waals surface area contributed by atoms with Gasteiger partial charge in [-0.15, -0.1) is 0 Å². The molecule has 2 aromatic rings. The summed E-state index contributed by atoms with van der Waals surface area (Å²) >= 11 is 17.7. The van der Waals surface area contributed by atoms with Crippen LogP contribution in [0.4, 0.5) is 5.69 Å². The smallest absolute Gasteiger partial charge is 0.267 e. The first-order valence-electron chi connectivity index (χ1n) is 7.34. The van der Waals surface area contributed by atoms with Crippen LogP contribution in [0.15, 0.2) is 54.2 Å². The molecule has 2 rings (SSSR count). The van der Waals surface area contributed by atoms with Gasteiger partial charge >= 0.3 is 0 Å². The Morgan fingerprint density at radius 1 is 1.12 bits per heavy atom. The molecule has 0 bridgehead atoms. The summed E-state index contributed by atoms with van der Waals surface area (Å²) in [6, 6.07) is 14.2. The number of carbonyl (C=O) groups is 1. The van der Waals surface area contributed by atoms with Crippen molar-refractivity contribution in [2.24, 2.45) is 0 Å². The van der Waals surface area contributed by atoms with Crippen LogP contribution >= 0.6 is 34.8 Å². The van der Waals surface area contributed by atoms with Crippen molar-refractivity contribution in [3.63, 3.8) is 0 Å². The van der Waals surface area contributed by atoms with Gasteiger partial charge in [0.2, 0.25) is 0 Å². The number of nitrogens with one attached hydrogen (secondary N) is 2. The van der Waals surface area contributed by atoms with Crippen LogP contribution in [0.25, 0.3) is 0 Å². The summed E-state index contributed by atoms with van der Waals surface area (Å²) in [4.78, 5) is 12.2. The Kier molecular flexibility index (Phi) is 7.15. The van der Waals surface area contributed by atoms with Gasteiger partial charge in [0.25, 0.3) is 5.91 Å². The predicted molar refractivity (Wildman–Crippen MR) is 102 cm³/mol. The highest BCUT2D eigenvalue weighted by molar-refractivity contribution is 6.44. The van der Waals surface area contributed by atoms with E-state index in [1.54, 1.807) is 18.2 Å². The number of nitrogens with zero attached hydrogens (tertiary/aromatic N) is 1. The van der Waals surface area contributed by atoms with Crippen molar-refractivity contribution in [1.82, 2.24) is 5.32 Å². The molecule has 1 amide bonds. The van der Waals surface area contributed by atoms with E-state index < -0.39 is 5.91 Å². The quantitative estimate of drug-likeness (QED) is 0.419. The van der Waals surface area contributed by atoms with E-state index in [0.29, 0.717) is 22.3 Å². The van der Waals surface area contributed by atoms with Crippen molar-refractivity contribution in [3.8, 4) is 6.07 Å². The van der Waals surface area contributed by atoms with Crippen molar-refractivity contribution in [2.75, 3.05) is 11.9 Å². The molecule has 0 saturated heterocycles. The lowest BCUT2D eigenvalue weighted by Crippen LogP contribution is -2.18. The molecule has 0 fully saturated rings. The number of benzene rings is 2. The Morgan fingerprint density at radius 2 is 1.84 bits per heavy atom. The van der Waals surface area contributed by atoms with Gasteiger partial charge in [-0.05, 0) is 36.2 Å². The molecule has 0 aliphatic rings. The maximum atomic E-state index is 12.2. The van der Waals surface area contributed by atoms with Crippen molar-refractivity contribution >= 4 is 46.4 Å². The van der Waals surface area contributed by atoms with E-state index in [1.807, 2.05) is 30.3 Å². The lowest BCUT2D eigenvalue weighted by atomic mass is 10.1. The Balaban J connectivity index is 1.92. The van der Waals surface area contributed by atoms with Gasteiger partial charge in [-0.25, -0.2) is 0 Å². The molecule has 4 nitrogen and oxygen atoms in total. The number of anilines is 1. The minimum atomic E-state index is -0.564. The van der Waals surface area contributed by atoms with Gasteiger partial charge in [-0.2, -0.15) is 5.26 Å². The molecule has 0 heterocycles. The molecule has 2 N–H and O–H groups in total. The summed E-state index contributed by atoms with van der Waals surface area (Å²) in [5.41, 5.74) is 1.38. The van der Waals surface area contributed by atoms with Crippen LogP contribution in [0.3, 0.4) is 0 Å². The van der Waals surface area contributed by atoms with Crippen LogP contribution < -0.4 is 10.6 Å². The van der Waals surface area contributed by atoms with Gasteiger partial charge in [0, 0.05) is 17.8 Å². The Hall–Kier alpha value is -2.19. The summed E-state index contributed by atoms with van der Waals surface area (Å²) in [6.45, 7) is 0.567. The number of halogens is 3. The van der Waals surface area contributed by atoms with Crippen LogP contribution in [-0.2, 0) is 11.2 Å². The van der Waals surface area contributed by atoms with Crippen molar-refractivity contribution < 1.29 is 4.79 Å². The van der Waals surface area contributed by atoms with Crippen molar-refractivity contribution in [2.45, 2.75) is 6.42 Å². The fourth-order valence-corrected chi connectivity index (χ4v) is 2.45. The van der Waals surface area contributed by atoms with Crippen LogP contribution in [0.1, 0.15) is 5.56 Å². The summed E-state index contributed by atoms with van der Waals surface area (Å²) < 4.78 is 0. The van der Waals surface area contributed by atoms with E-state index in [9.17, 15) is 4.79 Å². The monoisotopic (exact) mass is 393 g/mol. The number of amides is 1. The molecule has 0 aromatic heterocycles. The highest BCUT2D eigenvalue weighted by Crippen LogP contribution is 2.29. The first-order valence-corrected chi connectivity index (χ1v) is 8.48. The topological polar surface area (TPSA) is 64.9 Å². The molecule has 0 atom stereocenters. The van der Waals surface area contributed by atoms with Crippen LogP contribution in [0.5, 0.6) is 0 Å². The maximum absolute atomic E-state index is 12.2. The minimum Gasteiger partial charge on any atom is -0.389 e.